The lowest BCUT2D eigenvalue weighted by atomic mass is 9.96. The van der Waals surface area contributed by atoms with E-state index in [4.69, 9.17) is 4.42 Å². The molecule has 0 aliphatic rings. The third-order valence-corrected chi connectivity index (χ3v) is 6.13. The highest BCUT2D eigenvalue weighted by Crippen LogP contribution is 2.18. The van der Waals surface area contributed by atoms with Crippen molar-refractivity contribution in [2.75, 3.05) is 6.54 Å². The van der Waals surface area contributed by atoms with Crippen molar-refractivity contribution in [1.82, 2.24) is 10.0 Å². The summed E-state index contributed by atoms with van der Waals surface area (Å²) in [6.45, 7) is 2.67. The van der Waals surface area contributed by atoms with Gasteiger partial charge < -0.3 is 9.73 Å². The number of furan rings is 1. The third-order valence-electron chi connectivity index (χ3n) is 4.72. The molecule has 0 saturated heterocycles. The molecule has 3 rings (SSSR count). The fraction of sp³-hybridized carbons (Fsp3) is 0.227. The second-order valence-electron chi connectivity index (χ2n) is 6.65. The number of amides is 1. The number of nitrogens with one attached hydrogen (secondary N) is 2. The van der Waals surface area contributed by atoms with Gasteiger partial charge in [0.1, 0.15) is 5.76 Å². The first-order chi connectivity index (χ1) is 14.0. The summed E-state index contributed by atoms with van der Waals surface area (Å²) in [5.41, 5.74) is 1.59. The van der Waals surface area contributed by atoms with E-state index in [1.165, 1.54) is 36.1 Å². The minimum Gasteiger partial charge on any atom is -0.468 e. The Morgan fingerprint density at radius 3 is 2.34 bits per heavy atom. The molecule has 1 atom stereocenters. The summed E-state index contributed by atoms with van der Waals surface area (Å²) in [7, 11) is -3.69. The third kappa shape index (κ3) is 5.56. The van der Waals surface area contributed by atoms with Crippen molar-refractivity contribution in [3.63, 3.8) is 0 Å². The highest BCUT2D eigenvalue weighted by Gasteiger charge is 2.16. The topological polar surface area (TPSA) is 88.4 Å². The summed E-state index contributed by atoms with van der Waals surface area (Å²) in [4.78, 5) is 12.5. The summed E-state index contributed by atoms with van der Waals surface area (Å²) in [5, 5.41) is 2.93. The largest absolute Gasteiger partial charge is 0.468 e. The van der Waals surface area contributed by atoms with E-state index in [0.29, 0.717) is 17.9 Å². The maximum Gasteiger partial charge on any atom is 0.251 e. The number of carbonyl (C=O) groups excluding carboxylic acids is 1. The quantitative estimate of drug-likeness (QED) is 0.561. The van der Waals surface area contributed by atoms with Crippen LogP contribution in [0.4, 0.5) is 0 Å². The molecule has 0 radical (unpaired) electrons. The van der Waals surface area contributed by atoms with Gasteiger partial charge in [-0.3, -0.25) is 4.79 Å². The SMILES string of the molecule is CC[C@@H](CNC(=O)c1ccc(S(=O)(=O)NCc2ccco2)cc1)c1ccccc1. The van der Waals surface area contributed by atoms with E-state index in [2.05, 4.69) is 29.1 Å². The van der Waals surface area contributed by atoms with Gasteiger partial charge in [0.05, 0.1) is 17.7 Å². The molecule has 6 nitrogen and oxygen atoms in total. The van der Waals surface area contributed by atoms with Crippen LogP contribution in [0.15, 0.2) is 82.3 Å². The van der Waals surface area contributed by atoms with E-state index >= 15 is 0 Å². The summed E-state index contributed by atoms with van der Waals surface area (Å²) < 4.78 is 32.3. The highest BCUT2D eigenvalue weighted by atomic mass is 32.2. The van der Waals surface area contributed by atoms with Crippen molar-refractivity contribution < 1.29 is 17.6 Å². The molecule has 0 aliphatic heterocycles. The molecular formula is C22H24N2O4S. The van der Waals surface area contributed by atoms with Crippen molar-refractivity contribution in [3.05, 3.63) is 89.9 Å². The minimum absolute atomic E-state index is 0.0649. The maximum absolute atomic E-state index is 12.4. The molecule has 0 spiro atoms. The molecular weight excluding hydrogens is 388 g/mol. The Morgan fingerprint density at radius 1 is 1.00 bits per heavy atom. The van der Waals surface area contributed by atoms with Crippen molar-refractivity contribution in [3.8, 4) is 0 Å². The van der Waals surface area contributed by atoms with Gasteiger partial charge >= 0.3 is 0 Å². The van der Waals surface area contributed by atoms with Crippen LogP contribution in [0.1, 0.15) is 40.9 Å². The Kier molecular flexibility index (Phi) is 6.85. The van der Waals surface area contributed by atoms with Gasteiger partial charge in [0.2, 0.25) is 10.0 Å². The van der Waals surface area contributed by atoms with E-state index in [1.54, 1.807) is 12.1 Å². The van der Waals surface area contributed by atoms with Gasteiger partial charge in [0.15, 0.2) is 0 Å². The van der Waals surface area contributed by atoms with Crippen molar-refractivity contribution in [2.24, 2.45) is 0 Å². The molecule has 1 heterocycles. The fourth-order valence-electron chi connectivity index (χ4n) is 2.99. The van der Waals surface area contributed by atoms with Gasteiger partial charge in [-0.2, -0.15) is 0 Å². The summed E-state index contributed by atoms with van der Waals surface area (Å²) >= 11 is 0. The predicted molar refractivity (Wildman–Crippen MR) is 111 cm³/mol. The summed E-state index contributed by atoms with van der Waals surface area (Å²) in [6.07, 6.45) is 2.39. The van der Waals surface area contributed by atoms with E-state index in [1.807, 2.05) is 18.2 Å². The number of hydrogen-bond donors (Lipinski definition) is 2. The highest BCUT2D eigenvalue weighted by molar-refractivity contribution is 7.89. The lowest BCUT2D eigenvalue weighted by molar-refractivity contribution is 0.0951. The van der Waals surface area contributed by atoms with Crippen LogP contribution in [0.2, 0.25) is 0 Å². The number of rotatable bonds is 9. The Morgan fingerprint density at radius 2 is 1.72 bits per heavy atom. The standard InChI is InChI=1S/C22H24N2O4S/c1-2-17(18-7-4-3-5-8-18)15-23-22(25)19-10-12-21(13-11-19)29(26,27)24-16-20-9-6-14-28-20/h3-14,17,24H,2,15-16H2,1H3,(H,23,25)/t17-/m0/s1. The number of carbonyl (C=O) groups is 1. The van der Waals surface area contributed by atoms with E-state index in [-0.39, 0.29) is 23.3 Å². The second kappa shape index (κ2) is 9.54. The van der Waals surface area contributed by atoms with Crippen LogP contribution < -0.4 is 10.0 Å². The molecule has 29 heavy (non-hydrogen) atoms. The molecule has 0 aliphatic carbocycles. The van der Waals surface area contributed by atoms with Crippen molar-refractivity contribution in [1.29, 1.82) is 0 Å². The molecule has 0 unspecified atom stereocenters. The van der Waals surface area contributed by atoms with Gasteiger partial charge in [0.25, 0.3) is 5.91 Å². The molecule has 0 fully saturated rings. The molecule has 1 amide bonds. The zero-order valence-corrected chi connectivity index (χ0v) is 17.0. The second-order valence-corrected chi connectivity index (χ2v) is 8.42. The van der Waals surface area contributed by atoms with Gasteiger partial charge in [-0.25, -0.2) is 13.1 Å². The van der Waals surface area contributed by atoms with Gasteiger partial charge in [-0.15, -0.1) is 0 Å². The molecule has 3 aromatic rings. The molecule has 152 valence electrons. The van der Waals surface area contributed by atoms with Crippen LogP contribution in [0.3, 0.4) is 0 Å². The maximum atomic E-state index is 12.4. The van der Waals surface area contributed by atoms with Crippen LogP contribution >= 0.6 is 0 Å². The average molecular weight is 413 g/mol. The number of benzene rings is 2. The molecule has 2 aromatic carbocycles. The van der Waals surface area contributed by atoms with Crippen molar-refractivity contribution >= 4 is 15.9 Å². The van der Waals surface area contributed by atoms with E-state index in [9.17, 15) is 13.2 Å². The van der Waals surface area contributed by atoms with Crippen LogP contribution in [-0.2, 0) is 16.6 Å². The van der Waals surface area contributed by atoms with E-state index < -0.39 is 10.0 Å². The predicted octanol–water partition coefficient (Wildman–Crippen LogP) is 3.68. The zero-order chi connectivity index (χ0) is 20.7. The molecule has 2 N–H and O–H groups in total. The number of hydrogen-bond acceptors (Lipinski definition) is 4. The Labute approximate surface area is 171 Å². The fourth-order valence-corrected chi connectivity index (χ4v) is 3.98. The average Bonchev–Trinajstić information content (AvgIpc) is 3.27. The summed E-state index contributed by atoms with van der Waals surface area (Å²) in [6, 6.07) is 19.3. The molecule has 0 bridgehead atoms. The first-order valence-corrected chi connectivity index (χ1v) is 10.9. The zero-order valence-electron chi connectivity index (χ0n) is 16.2. The van der Waals surface area contributed by atoms with Gasteiger partial charge in [-0.05, 0) is 48.4 Å². The number of sulfonamides is 1. The minimum atomic E-state index is -3.69. The van der Waals surface area contributed by atoms with Gasteiger partial charge in [0, 0.05) is 18.0 Å². The first-order valence-electron chi connectivity index (χ1n) is 9.45. The lowest BCUT2D eigenvalue weighted by Gasteiger charge is -2.16. The van der Waals surface area contributed by atoms with Gasteiger partial charge in [-0.1, -0.05) is 37.3 Å². The molecule has 1 aromatic heterocycles. The Bertz CT molecular complexity index is 1010. The molecule has 0 saturated carbocycles. The van der Waals surface area contributed by atoms with Crippen LogP contribution in [0, 0.1) is 0 Å². The Balaban J connectivity index is 1.59. The monoisotopic (exact) mass is 412 g/mol. The Hall–Kier alpha value is -2.90. The van der Waals surface area contributed by atoms with Crippen molar-refractivity contribution in [2.45, 2.75) is 30.7 Å². The van der Waals surface area contributed by atoms with Crippen LogP contribution in [-0.4, -0.2) is 20.9 Å². The smallest absolute Gasteiger partial charge is 0.251 e. The summed E-state index contributed by atoms with van der Waals surface area (Å²) in [5.74, 6) is 0.519. The van der Waals surface area contributed by atoms with E-state index in [0.717, 1.165) is 6.42 Å². The molecule has 7 heteroatoms. The van der Waals surface area contributed by atoms with Crippen LogP contribution in [0.25, 0.3) is 0 Å². The van der Waals surface area contributed by atoms with Crippen LogP contribution in [0.5, 0.6) is 0 Å². The lowest BCUT2D eigenvalue weighted by Crippen LogP contribution is -2.28. The first kappa shape index (κ1) is 20.8. The normalized spacial score (nSPS) is 12.4.